The van der Waals surface area contributed by atoms with Crippen molar-refractivity contribution in [2.75, 3.05) is 25.0 Å². The van der Waals surface area contributed by atoms with Gasteiger partial charge in [-0.25, -0.2) is 4.98 Å². The van der Waals surface area contributed by atoms with Crippen molar-refractivity contribution >= 4 is 5.82 Å². The Morgan fingerprint density at radius 2 is 2.29 bits per heavy atom. The molecule has 1 heterocycles. The van der Waals surface area contributed by atoms with Crippen LogP contribution in [0.5, 0.6) is 0 Å². The molecule has 3 heteroatoms. The first kappa shape index (κ1) is 12.4. The molecule has 2 rings (SSSR count). The summed E-state index contributed by atoms with van der Waals surface area (Å²) in [5.41, 5.74) is 1.31. The van der Waals surface area contributed by atoms with E-state index in [-0.39, 0.29) is 0 Å². The summed E-state index contributed by atoms with van der Waals surface area (Å²) >= 11 is 0. The number of hydrogen-bond donors (Lipinski definition) is 1. The van der Waals surface area contributed by atoms with Crippen LogP contribution in [-0.2, 0) is 6.54 Å². The van der Waals surface area contributed by atoms with E-state index in [9.17, 15) is 0 Å². The summed E-state index contributed by atoms with van der Waals surface area (Å²) in [5, 5.41) is 3.19. The summed E-state index contributed by atoms with van der Waals surface area (Å²) in [6, 6.07) is 4.30. The minimum atomic E-state index is 0.913. The molecule has 0 amide bonds. The number of nitrogens with one attached hydrogen (secondary N) is 1. The van der Waals surface area contributed by atoms with Crippen LogP contribution in [0, 0.1) is 5.92 Å². The summed E-state index contributed by atoms with van der Waals surface area (Å²) in [5.74, 6) is 2.06. The summed E-state index contributed by atoms with van der Waals surface area (Å²) in [4.78, 5) is 6.96. The molecule has 1 N–H and O–H groups in total. The fraction of sp³-hybridized carbons (Fsp3) is 0.643. The Labute approximate surface area is 104 Å². The zero-order valence-electron chi connectivity index (χ0n) is 10.9. The van der Waals surface area contributed by atoms with Gasteiger partial charge < -0.3 is 10.2 Å². The predicted molar refractivity (Wildman–Crippen MR) is 72.2 cm³/mol. The van der Waals surface area contributed by atoms with Gasteiger partial charge in [0.15, 0.2) is 0 Å². The molecule has 1 fully saturated rings. The molecule has 0 aromatic carbocycles. The second-order valence-electron chi connectivity index (χ2n) is 4.94. The van der Waals surface area contributed by atoms with Gasteiger partial charge in [-0.1, -0.05) is 6.92 Å². The van der Waals surface area contributed by atoms with Crippen LogP contribution in [0.25, 0.3) is 0 Å². The second kappa shape index (κ2) is 6.01. The summed E-state index contributed by atoms with van der Waals surface area (Å²) in [6.45, 7) is 5.45. The molecule has 0 spiro atoms. The third-order valence-electron chi connectivity index (χ3n) is 3.18. The van der Waals surface area contributed by atoms with Crippen molar-refractivity contribution in [2.45, 2.75) is 32.7 Å². The Bertz CT molecular complexity index is 347. The number of rotatable bonds is 7. The third kappa shape index (κ3) is 3.70. The van der Waals surface area contributed by atoms with E-state index in [1.54, 1.807) is 0 Å². The normalized spacial score (nSPS) is 14.9. The van der Waals surface area contributed by atoms with E-state index in [4.69, 9.17) is 0 Å². The maximum absolute atomic E-state index is 4.52. The van der Waals surface area contributed by atoms with E-state index in [1.807, 2.05) is 13.2 Å². The largest absolute Gasteiger partial charge is 0.356 e. The molecule has 0 unspecified atom stereocenters. The van der Waals surface area contributed by atoms with E-state index >= 15 is 0 Å². The fourth-order valence-corrected chi connectivity index (χ4v) is 2.13. The lowest BCUT2D eigenvalue weighted by Gasteiger charge is -2.23. The van der Waals surface area contributed by atoms with Crippen LogP contribution in [-0.4, -0.2) is 25.1 Å². The van der Waals surface area contributed by atoms with Crippen molar-refractivity contribution in [1.29, 1.82) is 0 Å². The van der Waals surface area contributed by atoms with Crippen LogP contribution >= 0.6 is 0 Å². The monoisotopic (exact) mass is 233 g/mol. The average Bonchev–Trinajstić information content (AvgIpc) is 3.13. The lowest BCUT2D eigenvalue weighted by atomic mass is 10.2. The smallest absolute Gasteiger partial charge is 0.128 e. The SMILES string of the molecule is CCCN(CC1CC1)c1cc(CNC)ccn1. The van der Waals surface area contributed by atoms with E-state index in [1.165, 1.54) is 31.4 Å². The molecule has 0 aliphatic heterocycles. The van der Waals surface area contributed by atoms with Crippen LogP contribution in [0.1, 0.15) is 31.7 Å². The quantitative estimate of drug-likeness (QED) is 0.784. The molecule has 17 heavy (non-hydrogen) atoms. The summed E-state index contributed by atoms with van der Waals surface area (Å²) in [6.07, 6.45) is 5.91. The Hall–Kier alpha value is -1.09. The molecular formula is C14H23N3. The standard InChI is InChI=1S/C14H23N3/c1-3-8-17(11-12-4-5-12)14-9-13(10-15-2)6-7-16-14/h6-7,9,12,15H,3-5,8,10-11H2,1-2H3. The minimum absolute atomic E-state index is 0.913. The molecule has 1 aliphatic carbocycles. The number of nitrogens with zero attached hydrogens (tertiary/aromatic N) is 2. The minimum Gasteiger partial charge on any atom is -0.356 e. The van der Waals surface area contributed by atoms with Gasteiger partial charge in [0.1, 0.15) is 5.82 Å². The number of pyridine rings is 1. The highest BCUT2D eigenvalue weighted by atomic mass is 15.2. The first-order valence-electron chi connectivity index (χ1n) is 6.68. The molecule has 1 saturated carbocycles. The number of hydrogen-bond acceptors (Lipinski definition) is 3. The predicted octanol–water partition coefficient (Wildman–Crippen LogP) is 2.43. The highest BCUT2D eigenvalue weighted by molar-refractivity contribution is 5.41. The maximum atomic E-state index is 4.52. The van der Waals surface area contributed by atoms with Gasteiger partial charge in [0.25, 0.3) is 0 Å². The highest BCUT2D eigenvalue weighted by Crippen LogP contribution is 2.31. The lowest BCUT2D eigenvalue weighted by Crippen LogP contribution is -2.27. The van der Waals surface area contributed by atoms with Crippen molar-refractivity contribution in [3.63, 3.8) is 0 Å². The van der Waals surface area contributed by atoms with E-state index in [0.717, 1.165) is 24.8 Å². The summed E-state index contributed by atoms with van der Waals surface area (Å²) in [7, 11) is 1.98. The van der Waals surface area contributed by atoms with Crippen molar-refractivity contribution < 1.29 is 0 Å². The van der Waals surface area contributed by atoms with E-state index < -0.39 is 0 Å². The lowest BCUT2D eigenvalue weighted by molar-refractivity contribution is 0.697. The van der Waals surface area contributed by atoms with Gasteiger partial charge in [0.05, 0.1) is 0 Å². The van der Waals surface area contributed by atoms with Crippen LogP contribution < -0.4 is 10.2 Å². The molecule has 0 saturated heterocycles. The Balaban J connectivity index is 2.06. The zero-order valence-corrected chi connectivity index (χ0v) is 10.9. The van der Waals surface area contributed by atoms with E-state index in [0.29, 0.717) is 0 Å². The molecule has 1 aromatic heterocycles. The maximum Gasteiger partial charge on any atom is 0.128 e. The second-order valence-corrected chi connectivity index (χ2v) is 4.94. The van der Waals surface area contributed by atoms with Crippen LogP contribution in [0.2, 0.25) is 0 Å². The van der Waals surface area contributed by atoms with E-state index in [2.05, 4.69) is 34.3 Å². The molecule has 0 radical (unpaired) electrons. The number of aromatic nitrogens is 1. The van der Waals surface area contributed by atoms with Crippen LogP contribution in [0.4, 0.5) is 5.82 Å². The molecule has 1 aromatic rings. The molecule has 0 bridgehead atoms. The molecule has 94 valence electrons. The van der Waals surface area contributed by atoms with Gasteiger partial charge in [-0.05, 0) is 49.9 Å². The molecule has 1 aliphatic rings. The van der Waals surface area contributed by atoms with Crippen molar-refractivity contribution in [2.24, 2.45) is 5.92 Å². The first-order valence-corrected chi connectivity index (χ1v) is 6.68. The van der Waals surface area contributed by atoms with Crippen molar-refractivity contribution in [3.8, 4) is 0 Å². The highest BCUT2D eigenvalue weighted by Gasteiger charge is 2.24. The molecular weight excluding hydrogens is 210 g/mol. The van der Waals surface area contributed by atoms with Crippen molar-refractivity contribution in [1.82, 2.24) is 10.3 Å². The Morgan fingerprint density at radius 1 is 1.47 bits per heavy atom. The van der Waals surface area contributed by atoms with Gasteiger partial charge >= 0.3 is 0 Å². The van der Waals surface area contributed by atoms with Crippen molar-refractivity contribution in [3.05, 3.63) is 23.9 Å². The third-order valence-corrected chi connectivity index (χ3v) is 3.18. The first-order chi connectivity index (χ1) is 8.33. The van der Waals surface area contributed by atoms with Gasteiger partial charge in [-0.2, -0.15) is 0 Å². The fourth-order valence-electron chi connectivity index (χ4n) is 2.13. The average molecular weight is 233 g/mol. The van der Waals surface area contributed by atoms with Gasteiger partial charge in [-0.3, -0.25) is 0 Å². The molecule has 0 atom stereocenters. The Morgan fingerprint density at radius 3 is 2.94 bits per heavy atom. The van der Waals surface area contributed by atoms with Crippen LogP contribution in [0.3, 0.4) is 0 Å². The zero-order chi connectivity index (χ0) is 12.1. The summed E-state index contributed by atoms with van der Waals surface area (Å²) < 4.78 is 0. The molecule has 3 nitrogen and oxygen atoms in total. The van der Waals surface area contributed by atoms with Crippen LogP contribution in [0.15, 0.2) is 18.3 Å². The van der Waals surface area contributed by atoms with Gasteiger partial charge in [0.2, 0.25) is 0 Å². The number of anilines is 1. The van der Waals surface area contributed by atoms with Gasteiger partial charge in [0, 0.05) is 25.8 Å². The van der Waals surface area contributed by atoms with Gasteiger partial charge in [-0.15, -0.1) is 0 Å². The Kier molecular flexibility index (Phi) is 4.37. The topological polar surface area (TPSA) is 28.2 Å².